The minimum absolute atomic E-state index is 0.399. The Morgan fingerprint density at radius 3 is 2.46 bits per heavy atom. The van der Waals surface area contributed by atoms with Crippen LogP contribution in [0.4, 0.5) is 0 Å². The number of aromatic nitrogens is 3. The lowest BCUT2D eigenvalue weighted by Crippen LogP contribution is -2.30. The molecular weight excluding hydrogens is 518 g/mol. The summed E-state index contributed by atoms with van der Waals surface area (Å²) in [5.74, 6) is 1.17. The van der Waals surface area contributed by atoms with Gasteiger partial charge in [0.15, 0.2) is 11.5 Å². The third-order valence-corrected chi connectivity index (χ3v) is 5.75. The van der Waals surface area contributed by atoms with Gasteiger partial charge in [-0.3, -0.25) is 0 Å². The lowest BCUT2D eigenvalue weighted by atomic mass is 10.1. The van der Waals surface area contributed by atoms with E-state index in [0.717, 1.165) is 37.5 Å². The highest BCUT2D eigenvalue weighted by molar-refractivity contribution is 9.10. The number of hydrogen-bond acceptors (Lipinski definition) is 8. The van der Waals surface area contributed by atoms with Gasteiger partial charge in [-0.05, 0) is 38.1 Å². The highest BCUT2D eigenvalue weighted by atomic mass is 79.9. The van der Waals surface area contributed by atoms with Crippen LogP contribution in [0.3, 0.4) is 0 Å². The zero-order chi connectivity index (χ0) is 24.8. The fraction of sp³-hybridized carbons (Fsp3) is 0.360. The quantitative estimate of drug-likeness (QED) is 0.185. The van der Waals surface area contributed by atoms with E-state index in [1.54, 1.807) is 19.0 Å². The minimum Gasteiger partial charge on any atom is -0.493 e. The van der Waals surface area contributed by atoms with Crippen molar-refractivity contribution in [2.75, 3.05) is 40.6 Å². The first-order valence-corrected chi connectivity index (χ1v) is 12.0. The third-order valence-electron chi connectivity index (χ3n) is 5.26. The van der Waals surface area contributed by atoms with E-state index in [1.165, 1.54) is 6.33 Å². The summed E-state index contributed by atoms with van der Waals surface area (Å²) in [7, 11) is 3.23. The van der Waals surface area contributed by atoms with Crippen LogP contribution in [0.25, 0.3) is 33.1 Å². The number of fused-ring (bicyclic) bond motifs is 2. The van der Waals surface area contributed by atoms with E-state index >= 15 is 0 Å². The molecule has 4 aromatic rings. The molecule has 0 radical (unpaired) electrons. The first kappa shape index (κ1) is 25.2. The monoisotopic (exact) mass is 545 g/mol. The van der Waals surface area contributed by atoms with Crippen molar-refractivity contribution in [1.82, 2.24) is 14.7 Å². The molecule has 10 heteroatoms. The van der Waals surface area contributed by atoms with Gasteiger partial charge >= 0.3 is 6.48 Å². The van der Waals surface area contributed by atoms with Crippen molar-refractivity contribution in [3.8, 4) is 22.8 Å². The summed E-state index contributed by atoms with van der Waals surface area (Å²) >= 11 is 3.58. The summed E-state index contributed by atoms with van der Waals surface area (Å²) in [6.45, 7) is 4.70. The van der Waals surface area contributed by atoms with E-state index < -0.39 is 6.48 Å². The van der Waals surface area contributed by atoms with E-state index in [9.17, 15) is 0 Å². The first-order valence-electron chi connectivity index (χ1n) is 11.2. The highest BCUT2D eigenvalue weighted by Gasteiger charge is 2.20. The fourth-order valence-corrected chi connectivity index (χ4v) is 4.07. The van der Waals surface area contributed by atoms with Gasteiger partial charge in [0, 0.05) is 34.0 Å². The number of ether oxygens (including phenoxy) is 5. The number of nitrogens with zero attached hydrogens (tertiary/aromatic N) is 3. The second-order valence-corrected chi connectivity index (χ2v) is 8.33. The van der Waals surface area contributed by atoms with E-state index in [-0.39, 0.29) is 0 Å². The van der Waals surface area contributed by atoms with Crippen molar-refractivity contribution in [1.29, 1.82) is 0 Å². The molecule has 0 saturated heterocycles. The Kier molecular flexibility index (Phi) is 8.40. The Morgan fingerprint density at radius 2 is 1.74 bits per heavy atom. The molecular formula is C25H28BrN3O6. The largest absolute Gasteiger partial charge is 0.493 e. The average Bonchev–Trinajstić information content (AvgIpc) is 3.20. The minimum atomic E-state index is -0.842. The molecule has 2 aromatic carbocycles. The normalized spacial score (nSPS) is 11.5. The van der Waals surface area contributed by atoms with Gasteiger partial charge in [0.05, 0.1) is 49.9 Å². The molecule has 2 aromatic heterocycles. The average molecular weight is 546 g/mol. The van der Waals surface area contributed by atoms with Crippen molar-refractivity contribution < 1.29 is 28.5 Å². The second kappa shape index (κ2) is 11.7. The van der Waals surface area contributed by atoms with Crippen LogP contribution < -0.4 is 14.3 Å². The van der Waals surface area contributed by atoms with E-state index in [1.807, 2.05) is 50.4 Å². The molecule has 0 aliphatic heterocycles. The predicted molar refractivity (Wildman–Crippen MR) is 136 cm³/mol. The Hall–Kier alpha value is -2.92. The molecule has 2 heterocycles. The number of halogens is 1. The topological polar surface area (TPSA) is 86.1 Å². The molecule has 0 bridgehead atoms. The number of benzene rings is 2. The van der Waals surface area contributed by atoms with Crippen LogP contribution in [-0.2, 0) is 14.2 Å². The van der Waals surface area contributed by atoms with Gasteiger partial charge < -0.3 is 28.5 Å². The van der Waals surface area contributed by atoms with E-state index in [2.05, 4.69) is 25.9 Å². The van der Waals surface area contributed by atoms with Gasteiger partial charge in [0.1, 0.15) is 12.9 Å². The fourth-order valence-electron chi connectivity index (χ4n) is 3.71. The van der Waals surface area contributed by atoms with Crippen molar-refractivity contribution in [3.63, 3.8) is 0 Å². The molecule has 35 heavy (non-hydrogen) atoms. The summed E-state index contributed by atoms with van der Waals surface area (Å²) in [6, 6.07) is 9.67. The summed E-state index contributed by atoms with van der Waals surface area (Å²) in [6.07, 6.45) is 3.41. The van der Waals surface area contributed by atoms with Gasteiger partial charge in [0.2, 0.25) is 0 Å². The molecule has 0 aliphatic carbocycles. The van der Waals surface area contributed by atoms with Crippen molar-refractivity contribution in [2.24, 2.45) is 0 Å². The van der Waals surface area contributed by atoms with Crippen molar-refractivity contribution in [3.05, 3.63) is 47.3 Å². The van der Waals surface area contributed by atoms with Gasteiger partial charge in [0.25, 0.3) is 0 Å². The Labute approximate surface area is 211 Å². The lowest BCUT2D eigenvalue weighted by molar-refractivity contribution is -0.282. The maximum absolute atomic E-state index is 6.04. The maximum Gasteiger partial charge on any atom is 0.337 e. The molecule has 0 fully saturated rings. The molecule has 9 nitrogen and oxygen atoms in total. The lowest BCUT2D eigenvalue weighted by Gasteiger charge is -2.18. The van der Waals surface area contributed by atoms with Crippen LogP contribution >= 0.6 is 15.9 Å². The van der Waals surface area contributed by atoms with Crippen LogP contribution in [-0.4, -0.2) is 61.8 Å². The van der Waals surface area contributed by atoms with Crippen LogP contribution in [0.15, 0.2) is 47.3 Å². The van der Waals surface area contributed by atoms with Crippen LogP contribution in [0.5, 0.6) is 11.5 Å². The highest BCUT2D eigenvalue weighted by Crippen LogP contribution is 2.38. The molecule has 0 aliphatic rings. The van der Waals surface area contributed by atoms with Crippen molar-refractivity contribution >= 4 is 37.7 Å². The van der Waals surface area contributed by atoms with Gasteiger partial charge in [-0.1, -0.05) is 15.9 Å². The Morgan fingerprint density at radius 1 is 0.943 bits per heavy atom. The number of rotatable bonds is 12. The van der Waals surface area contributed by atoms with Gasteiger partial charge in [-0.15, -0.1) is 0 Å². The number of methoxy groups -OCH3 is 2. The molecule has 0 spiro atoms. The Balaban J connectivity index is 1.84. The van der Waals surface area contributed by atoms with Gasteiger partial charge in [-0.25, -0.2) is 9.97 Å². The summed E-state index contributed by atoms with van der Waals surface area (Å²) in [5.41, 5.74) is 3.15. The molecule has 4 rings (SSSR count). The van der Waals surface area contributed by atoms with Crippen LogP contribution in [0.2, 0.25) is 0 Å². The molecule has 186 valence electrons. The summed E-state index contributed by atoms with van der Waals surface area (Å²) < 4.78 is 30.3. The maximum atomic E-state index is 6.04. The molecule has 0 N–H and O–H groups in total. The SMILES string of the molecule is CCOC(OCC)On1cc(-c2ncnc3cc(OCCOC)c(OC)cc23)c2cc(Br)ccc21. The molecule has 0 atom stereocenters. The molecule has 0 saturated carbocycles. The second-order valence-electron chi connectivity index (χ2n) is 7.42. The molecule has 0 amide bonds. The first-order chi connectivity index (χ1) is 17.1. The standard InChI is InChI=1S/C25H28BrN3O6/c1-5-32-25(33-6-2)35-29-14-19(17-11-16(26)7-8-21(17)29)24-18-12-22(31-4)23(34-10-9-30-3)13-20(18)27-15-28-24/h7-8,11-15,25H,5-6,9-10H2,1-4H3. The smallest absolute Gasteiger partial charge is 0.337 e. The van der Waals surface area contributed by atoms with E-state index in [4.69, 9.17) is 28.5 Å². The third kappa shape index (κ3) is 5.51. The van der Waals surface area contributed by atoms with Crippen LogP contribution in [0.1, 0.15) is 13.8 Å². The van der Waals surface area contributed by atoms with E-state index in [0.29, 0.717) is 37.9 Å². The van der Waals surface area contributed by atoms with Crippen molar-refractivity contribution in [2.45, 2.75) is 20.3 Å². The summed E-state index contributed by atoms with van der Waals surface area (Å²) in [5, 5.41) is 1.75. The Bertz CT molecular complexity index is 1290. The van der Waals surface area contributed by atoms with Crippen LogP contribution in [0, 0.1) is 0 Å². The molecule has 0 unspecified atom stereocenters. The number of hydrogen-bond donors (Lipinski definition) is 0. The zero-order valence-corrected chi connectivity index (χ0v) is 21.7. The van der Waals surface area contributed by atoms with Gasteiger partial charge in [-0.2, -0.15) is 4.73 Å². The zero-order valence-electron chi connectivity index (χ0n) is 20.1. The summed E-state index contributed by atoms with van der Waals surface area (Å²) in [4.78, 5) is 15.1. The predicted octanol–water partition coefficient (Wildman–Crippen LogP) is 4.83.